The fraction of sp³-hybridized carbons (Fsp3) is 0.125. The summed E-state index contributed by atoms with van der Waals surface area (Å²) in [6.07, 6.45) is -1.02. The van der Waals surface area contributed by atoms with Crippen molar-refractivity contribution in [1.82, 2.24) is 10.6 Å². The maximum atomic E-state index is 12.4. The van der Waals surface area contributed by atoms with Gasteiger partial charge in [-0.2, -0.15) is 0 Å². The summed E-state index contributed by atoms with van der Waals surface area (Å²) in [5, 5.41) is 8.61. The summed E-state index contributed by atoms with van der Waals surface area (Å²) < 4.78 is -0.792. The Labute approximate surface area is 179 Å². The molecule has 0 aliphatic heterocycles. The molecule has 0 saturated heterocycles. The van der Waals surface area contributed by atoms with Gasteiger partial charge in [-0.1, -0.05) is 53.0 Å². The second kappa shape index (κ2) is 9.23. The molecule has 0 unspecified atom stereocenters. The van der Waals surface area contributed by atoms with Crippen LogP contribution in [0.3, 0.4) is 0 Å². The van der Waals surface area contributed by atoms with Gasteiger partial charge in [0.1, 0.15) is 6.17 Å². The first-order valence-corrected chi connectivity index (χ1v) is 9.63. The molecule has 0 spiro atoms. The van der Waals surface area contributed by atoms with E-state index in [2.05, 4.69) is 38.5 Å². The van der Waals surface area contributed by atoms with Crippen LogP contribution in [0.15, 0.2) is 54.6 Å². The zero-order valence-corrected chi connectivity index (χ0v) is 17.8. The summed E-state index contributed by atoms with van der Waals surface area (Å²) in [5.41, 5.74) is 1.22. The quantitative estimate of drug-likeness (QED) is 0.233. The minimum atomic E-state index is -1.80. The third-order valence-corrected chi connectivity index (χ3v) is 4.61. The van der Waals surface area contributed by atoms with Crippen molar-refractivity contribution in [3.63, 3.8) is 0 Å². The predicted molar refractivity (Wildman–Crippen MR) is 117 cm³/mol. The zero-order chi connectivity index (χ0) is 18.4. The number of nitrogens with one attached hydrogen (secondary N) is 3. The Kier molecular flexibility index (Phi) is 7.57. The summed E-state index contributed by atoms with van der Waals surface area (Å²) in [7, 11) is 0. The topological polar surface area (TPSA) is 53.2 Å². The Hall–Kier alpha value is -0.800. The van der Waals surface area contributed by atoms with Gasteiger partial charge in [0.25, 0.3) is 5.91 Å². The number of thiocarbonyl (C=S) groups is 1. The molecule has 0 aromatic heterocycles. The molecule has 0 fully saturated rings. The molecule has 0 heterocycles. The van der Waals surface area contributed by atoms with E-state index in [1.807, 2.05) is 42.5 Å². The first-order valence-electron chi connectivity index (χ1n) is 7.01. The summed E-state index contributed by atoms with van der Waals surface area (Å²) in [4.78, 5) is 12.4. The molecule has 9 heteroatoms. The van der Waals surface area contributed by atoms with Gasteiger partial charge in [-0.05, 0) is 71.2 Å². The fourth-order valence-corrected chi connectivity index (χ4v) is 2.76. The summed E-state index contributed by atoms with van der Waals surface area (Å²) in [5.74, 6) is -0.386. The van der Waals surface area contributed by atoms with Crippen LogP contribution < -0.4 is 16.0 Å². The van der Waals surface area contributed by atoms with Crippen molar-refractivity contribution in [2.75, 3.05) is 5.32 Å². The smallest absolute Gasteiger partial charge is 0.252 e. The number of rotatable bonds is 4. The molecular weight excluding hydrogens is 516 g/mol. The van der Waals surface area contributed by atoms with Crippen molar-refractivity contribution in [2.45, 2.75) is 9.96 Å². The van der Waals surface area contributed by atoms with Crippen LogP contribution in [0, 0.1) is 3.57 Å². The van der Waals surface area contributed by atoms with E-state index in [9.17, 15) is 4.79 Å². The van der Waals surface area contributed by atoms with Gasteiger partial charge in [-0.15, -0.1) is 0 Å². The number of halogens is 4. The van der Waals surface area contributed by atoms with E-state index in [4.69, 9.17) is 47.0 Å². The molecule has 0 bridgehead atoms. The van der Waals surface area contributed by atoms with Gasteiger partial charge in [0.15, 0.2) is 5.11 Å². The number of hydrogen-bond acceptors (Lipinski definition) is 2. The minimum Gasteiger partial charge on any atom is -0.339 e. The SMILES string of the molecule is O=C(N[C@@H](NC(=S)Nc1ccccc1)C(Cl)(Cl)Cl)c1ccc(I)cc1. The number of amides is 1. The Morgan fingerprint density at radius 3 is 2.16 bits per heavy atom. The molecule has 4 nitrogen and oxygen atoms in total. The van der Waals surface area contributed by atoms with Crippen LogP contribution in [0.2, 0.25) is 0 Å². The first kappa shape index (κ1) is 20.5. The van der Waals surface area contributed by atoms with Crippen LogP contribution in [-0.2, 0) is 0 Å². The Morgan fingerprint density at radius 2 is 1.60 bits per heavy atom. The lowest BCUT2D eigenvalue weighted by Crippen LogP contribution is -2.56. The number of para-hydroxylation sites is 1. The Bertz CT molecular complexity index is 739. The highest BCUT2D eigenvalue weighted by molar-refractivity contribution is 14.1. The first-order chi connectivity index (χ1) is 11.8. The van der Waals surface area contributed by atoms with Gasteiger partial charge < -0.3 is 16.0 Å². The van der Waals surface area contributed by atoms with Gasteiger partial charge in [0.05, 0.1) is 0 Å². The van der Waals surface area contributed by atoms with Crippen LogP contribution in [-0.4, -0.2) is 21.0 Å². The minimum absolute atomic E-state index is 0.213. The lowest BCUT2D eigenvalue weighted by atomic mass is 10.2. The maximum Gasteiger partial charge on any atom is 0.252 e. The Morgan fingerprint density at radius 1 is 1.00 bits per heavy atom. The van der Waals surface area contributed by atoms with Crippen molar-refractivity contribution in [1.29, 1.82) is 0 Å². The Balaban J connectivity index is 2.04. The van der Waals surface area contributed by atoms with Crippen molar-refractivity contribution in [2.24, 2.45) is 0 Å². The molecule has 0 aliphatic rings. The van der Waals surface area contributed by atoms with Crippen LogP contribution in [0.4, 0.5) is 5.69 Å². The summed E-state index contributed by atoms with van der Waals surface area (Å²) >= 11 is 25.3. The van der Waals surface area contributed by atoms with Gasteiger partial charge in [0.2, 0.25) is 3.79 Å². The number of carbonyl (C=O) groups is 1. The van der Waals surface area contributed by atoms with Crippen LogP contribution >= 0.6 is 69.6 Å². The van der Waals surface area contributed by atoms with Gasteiger partial charge in [0, 0.05) is 14.8 Å². The third-order valence-electron chi connectivity index (χ3n) is 3.02. The molecule has 2 aromatic carbocycles. The molecular formula is C16H13Cl3IN3OS. The van der Waals surface area contributed by atoms with E-state index >= 15 is 0 Å². The number of anilines is 1. The summed E-state index contributed by atoms with van der Waals surface area (Å²) in [6, 6.07) is 16.3. The molecule has 2 rings (SSSR count). The lowest BCUT2D eigenvalue weighted by molar-refractivity contribution is 0.0934. The van der Waals surface area contributed by atoms with Gasteiger partial charge in [-0.25, -0.2) is 0 Å². The van der Waals surface area contributed by atoms with Crippen LogP contribution in [0.5, 0.6) is 0 Å². The highest BCUT2D eigenvalue weighted by Crippen LogP contribution is 2.29. The van der Waals surface area contributed by atoms with E-state index in [-0.39, 0.29) is 11.0 Å². The lowest BCUT2D eigenvalue weighted by Gasteiger charge is -2.27. The largest absolute Gasteiger partial charge is 0.339 e. The van der Waals surface area contributed by atoms with E-state index < -0.39 is 9.96 Å². The normalized spacial score (nSPS) is 12.2. The van der Waals surface area contributed by atoms with Crippen LogP contribution in [0.25, 0.3) is 0 Å². The number of alkyl halides is 3. The third kappa shape index (κ3) is 6.79. The highest BCUT2D eigenvalue weighted by Gasteiger charge is 2.34. The number of hydrogen-bond donors (Lipinski definition) is 3. The summed E-state index contributed by atoms with van der Waals surface area (Å²) in [6.45, 7) is 0. The van der Waals surface area contributed by atoms with E-state index in [0.717, 1.165) is 9.26 Å². The molecule has 0 radical (unpaired) electrons. The average Bonchev–Trinajstić information content (AvgIpc) is 2.54. The molecule has 0 saturated carbocycles. The van der Waals surface area contributed by atoms with E-state index in [0.29, 0.717) is 5.56 Å². The maximum absolute atomic E-state index is 12.4. The second-order valence-electron chi connectivity index (χ2n) is 4.92. The molecule has 2 aromatic rings. The van der Waals surface area contributed by atoms with Crippen LogP contribution in [0.1, 0.15) is 10.4 Å². The van der Waals surface area contributed by atoms with Crippen molar-refractivity contribution >= 4 is 86.3 Å². The molecule has 0 aliphatic carbocycles. The van der Waals surface area contributed by atoms with Gasteiger partial charge in [-0.3, -0.25) is 4.79 Å². The number of carbonyl (C=O) groups excluding carboxylic acids is 1. The fourth-order valence-electron chi connectivity index (χ4n) is 1.84. The molecule has 1 atom stereocenters. The highest BCUT2D eigenvalue weighted by atomic mass is 127. The standard InChI is InChI=1S/C16H13Cl3IN3OS/c17-16(18,19)14(22-13(24)10-6-8-11(20)9-7-10)23-15(25)21-12-4-2-1-3-5-12/h1-9,14H,(H,22,24)(H2,21,23,25)/t14-/m0/s1. The van der Waals surface area contributed by atoms with Crippen molar-refractivity contribution < 1.29 is 4.79 Å². The second-order valence-corrected chi connectivity index (χ2v) is 8.94. The monoisotopic (exact) mass is 527 g/mol. The van der Waals surface area contributed by atoms with Crippen molar-refractivity contribution in [3.8, 4) is 0 Å². The predicted octanol–water partition coefficient (Wildman–Crippen LogP) is 4.70. The molecule has 3 N–H and O–H groups in total. The number of benzene rings is 2. The average molecular weight is 529 g/mol. The van der Waals surface area contributed by atoms with Crippen molar-refractivity contribution in [3.05, 3.63) is 63.7 Å². The van der Waals surface area contributed by atoms with Gasteiger partial charge >= 0.3 is 0 Å². The molecule has 132 valence electrons. The molecule has 1 amide bonds. The van der Waals surface area contributed by atoms with E-state index in [1.54, 1.807) is 12.1 Å². The zero-order valence-electron chi connectivity index (χ0n) is 12.6. The molecule has 25 heavy (non-hydrogen) atoms. The van der Waals surface area contributed by atoms with E-state index in [1.165, 1.54) is 0 Å².